The van der Waals surface area contributed by atoms with Crippen molar-refractivity contribution in [2.75, 3.05) is 33.7 Å². The quantitative estimate of drug-likeness (QED) is 0.759. The van der Waals surface area contributed by atoms with E-state index in [0.29, 0.717) is 29.4 Å². The van der Waals surface area contributed by atoms with Crippen LogP contribution in [0.5, 0.6) is 11.5 Å². The zero-order valence-corrected chi connectivity index (χ0v) is 15.4. The van der Waals surface area contributed by atoms with Crippen molar-refractivity contribution in [3.05, 3.63) is 23.3 Å². The van der Waals surface area contributed by atoms with Gasteiger partial charge < -0.3 is 14.2 Å². The van der Waals surface area contributed by atoms with Gasteiger partial charge in [-0.1, -0.05) is 13.8 Å². The maximum Gasteiger partial charge on any atom is 0.228 e. The van der Waals surface area contributed by atoms with Gasteiger partial charge in [0.25, 0.3) is 0 Å². The number of alkyl halides is 1. The Hall–Kier alpha value is -1.33. The number of hydrogen-bond acceptors (Lipinski definition) is 4. The second kappa shape index (κ2) is 6.44. The molecule has 2 fully saturated rings. The standard InChI is InChI=1S/C20H28FNO3/c1-13(2)6-15-10-22-5-4-14-7-19(24-12-21)18(23-3)8-16(14)17(22)9-20(15)11-25-20/h7-8,13,15,17H,4-6,9-12H2,1-3H3/i21-1. The van der Waals surface area contributed by atoms with Crippen LogP contribution in [0.4, 0.5) is 4.39 Å². The Bertz CT molecular complexity index is 644. The van der Waals surface area contributed by atoms with Gasteiger partial charge in [-0.3, -0.25) is 4.90 Å². The number of benzene rings is 1. The molecule has 3 aliphatic heterocycles. The highest BCUT2D eigenvalue weighted by atomic mass is 18.2. The van der Waals surface area contributed by atoms with Gasteiger partial charge in [0.15, 0.2) is 11.5 Å². The zero-order valence-electron chi connectivity index (χ0n) is 15.4. The van der Waals surface area contributed by atoms with Crippen molar-refractivity contribution in [3.63, 3.8) is 0 Å². The van der Waals surface area contributed by atoms with Crippen molar-refractivity contribution in [3.8, 4) is 11.5 Å². The minimum Gasteiger partial charge on any atom is -0.493 e. The number of methoxy groups -OCH3 is 1. The first-order valence-corrected chi connectivity index (χ1v) is 9.34. The van der Waals surface area contributed by atoms with Gasteiger partial charge in [0.2, 0.25) is 6.86 Å². The van der Waals surface area contributed by atoms with E-state index in [2.05, 4.69) is 24.8 Å². The summed E-state index contributed by atoms with van der Waals surface area (Å²) in [4.78, 5) is 2.61. The lowest BCUT2D eigenvalue weighted by Crippen LogP contribution is -2.50. The molecule has 0 radical (unpaired) electrons. The van der Waals surface area contributed by atoms with E-state index in [-0.39, 0.29) is 5.60 Å². The third-order valence-electron chi connectivity index (χ3n) is 6.11. The van der Waals surface area contributed by atoms with Gasteiger partial charge in [-0.15, -0.1) is 0 Å². The van der Waals surface area contributed by atoms with Crippen LogP contribution in [0.2, 0.25) is 0 Å². The molecule has 0 bridgehead atoms. The summed E-state index contributed by atoms with van der Waals surface area (Å²) in [5.74, 6) is 2.44. The molecule has 0 aromatic heterocycles. The second-order valence-corrected chi connectivity index (χ2v) is 8.10. The molecular formula is C20H28FNO3. The Balaban J connectivity index is 1.64. The van der Waals surface area contributed by atoms with Crippen LogP contribution in [-0.4, -0.2) is 44.2 Å². The number of halogens is 1. The van der Waals surface area contributed by atoms with Crippen LogP contribution in [0.1, 0.15) is 43.9 Å². The topological polar surface area (TPSA) is 34.2 Å². The normalized spacial score (nSPS) is 30.9. The molecular weight excluding hydrogens is 320 g/mol. The van der Waals surface area contributed by atoms with E-state index in [1.54, 1.807) is 7.11 Å². The number of hydrogen-bond donors (Lipinski definition) is 0. The third-order valence-corrected chi connectivity index (χ3v) is 6.11. The van der Waals surface area contributed by atoms with Crippen molar-refractivity contribution in [1.29, 1.82) is 0 Å². The molecule has 0 aliphatic carbocycles. The Kier molecular flexibility index (Phi) is 4.40. The van der Waals surface area contributed by atoms with E-state index in [0.717, 1.165) is 32.5 Å². The molecule has 3 atom stereocenters. The highest BCUT2D eigenvalue weighted by Gasteiger charge is 2.57. The SMILES string of the molecule is COc1cc2c(cc1OC[18F])CCN1CC(CC(C)C)C3(CO3)CC21. The van der Waals surface area contributed by atoms with Crippen LogP contribution in [-0.2, 0) is 11.2 Å². The first-order chi connectivity index (χ1) is 12.1. The Morgan fingerprint density at radius 1 is 1.36 bits per heavy atom. The maximum atomic E-state index is 12.7. The number of ether oxygens (including phenoxy) is 3. The van der Waals surface area contributed by atoms with Gasteiger partial charge in [0.1, 0.15) is 0 Å². The zero-order chi connectivity index (χ0) is 17.6. The summed E-state index contributed by atoms with van der Waals surface area (Å²) in [7, 11) is 1.61. The predicted octanol–water partition coefficient (Wildman–Crippen LogP) is 3.74. The summed E-state index contributed by atoms with van der Waals surface area (Å²) >= 11 is 0. The minimum atomic E-state index is -0.835. The minimum absolute atomic E-state index is 0.0708. The average molecular weight is 348 g/mol. The van der Waals surface area contributed by atoms with E-state index in [1.165, 1.54) is 17.5 Å². The predicted molar refractivity (Wildman–Crippen MR) is 93.9 cm³/mol. The van der Waals surface area contributed by atoms with E-state index in [9.17, 15) is 4.39 Å². The van der Waals surface area contributed by atoms with Crippen LogP contribution in [0.15, 0.2) is 12.1 Å². The van der Waals surface area contributed by atoms with Crippen molar-refractivity contribution in [2.24, 2.45) is 11.8 Å². The lowest BCUT2D eigenvalue weighted by atomic mass is 9.74. The molecule has 1 spiro atoms. The summed E-state index contributed by atoms with van der Waals surface area (Å²) in [6.07, 6.45) is 3.24. The van der Waals surface area contributed by atoms with Gasteiger partial charge in [0.05, 0.1) is 19.3 Å². The molecule has 3 aliphatic rings. The van der Waals surface area contributed by atoms with E-state index in [1.807, 2.05) is 6.07 Å². The fraction of sp³-hybridized carbons (Fsp3) is 0.700. The maximum absolute atomic E-state index is 12.7. The molecule has 25 heavy (non-hydrogen) atoms. The average Bonchev–Trinajstić information content (AvgIpc) is 3.35. The van der Waals surface area contributed by atoms with Gasteiger partial charge in [-0.25, -0.2) is 4.39 Å². The summed E-state index contributed by atoms with van der Waals surface area (Å²) in [6, 6.07) is 4.38. The Morgan fingerprint density at radius 2 is 2.16 bits per heavy atom. The Morgan fingerprint density at radius 3 is 2.80 bits per heavy atom. The first kappa shape index (κ1) is 17.1. The molecule has 138 valence electrons. The molecule has 2 saturated heterocycles. The smallest absolute Gasteiger partial charge is 0.228 e. The molecule has 1 aromatic rings. The van der Waals surface area contributed by atoms with Gasteiger partial charge in [-0.2, -0.15) is 0 Å². The number of fused-ring (bicyclic) bond motifs is 3. The van der Waals surface area contributed by atoms with E-state index in [4.69, 9.17) is 14.2 Å². The number of nitrogens with zero attached hydrogens (tertiary/aromatic N) is 1. The van der Waals surface area contributed by atoms with E-state index < -0.39 is 6.86 Å². The van der Waals surface area contributed by atoms with Crippen molar-refractivity contribution < 1.29 is 18.6 Å². The van der Waals surface area contributed by atoms with Gasteiger partial charge >= 0.3 is 0 Å². The van der Waals surface area contributed by atoms with Crippen LogP contribution in [0.25, 0.3) is 0 Å². The van der Waals surface area contributed by atoms with Crippen molar-refractivity contribution in [1.82, 2.24) is 4.90 Å². The molecule has 5 heteroatoms. The van der Waals surface area contributed by atoms with Crippen LogP contribution in [0.3, 0.4) is 0 Å². The monoisotopic (exact) mass is 348 g/mol. The number of epoxide rings is 1. The number of rotatable bonds is 5. The highest BCUT2D eigenvalue weighted by molar-refractivity contribution is 5.50. The molecule has 4 rings (SSSR count). The van der Waals surface area contributed by atoms with Gasteiger partial charge in [0, 0.05) is 25.0 Å². The van der Waals surface area contributed by atoms with Crippen molar-refractivity contribution >= 4 is 0 Å². The molecule has 0 N–H and O–H groups in total. The molecule has 3 unspecified atom stereocenters. The molecule has 0 amide bonds. The third kappa shape index (κ3) is 3.02. The summed E-state index contributed by atoms with van der Waals surface area (Å²) in [5, 5.41) is 0. The molecule has 3 heterocycles. The fourth-order valence-electron chi connectivity index (χ4n) is 4.80. The summed E-state index contributed by atoms with van der Waals surface area (Å²) < 4.78 is 29.2. The lowest BCUT2D eigenvalue weighted by Gasteiger charge is -2.47. The Labute approximate surface area is 149 Å². The molecule has 4 nitrogen and oxygen atoms in total. The van der Waals surface area contributed by atoms with Crippen LogP contribution >= 0.6 is 0 Å². The molecule has 0 saturated carbocycles. The van der Waals surface area contributed by atoms with Crippen LogP contribution < -0.4 is 9.47 Å². The number of piperidine rings is 1. The highest BCUT2D eigenvalue weighted by Crippen LogP contribution is 2.53. The fourth-order valence-corrected chi connectivity index (χ4v) is 4.80. The lowest BCUT2D eigenvalue weighted by molar-refractivity contribution is 0.0223. The first-order valence-electron chi connectivity index (χ1n) is 9.34. The largest absolute Gasteiger partial charge is 0.493 e. The second-order valence-electron chi connectivity index (χ2n) is 8.10. The summed E-state index contributed by atoms with van der Waals surface area (Å²) in [5.41, 5.74) is 2.62. The summed E-state index contributed by atoms with van der Waals surface area (Å²) in [6.45, 7) is 6.80. The van der Waals surface area contributed by atoms with Crippen LogP contribution in [0, 0.1) is 11.8 Å². The van der Waals surface area contributed by atoms with E-state index >= 15 is 0 Å². The molecule has 1 aromatic carbocycles. The van der Waals surface area contributed by atoms with Crippen molar-refractivity contribution in [2.45, 2.75) is 44.8 Å². The van der Waals surface area contributed by atoms with Gasteiger partial charge in [-0.05, 0) is 48.4 Å².